The molecule has 0 radical (unpaired) electrons. The molecule has 0 saturated carbocycles. The van der Waals surface area contributed by atoms with Crippen molar-refractivity contribution >= 4 is 35.6 Å². The van der Waals surface area contributed by atoms with Crippen molar-refractivity contribution in [3.63, 3.8) is 0 Å². The van der Waals surface area contributed by atoms with Crippen LogP contribution in [0.3, 0.4) is 0 Å². The highest BCUT2D eigenvalue weighted by Crippen LogP contribution is 2.32. The summed E-state index contributed by atoms with van der Waals surface area (Å²) in [5.41, 5.74) is 0. The van der Waals surface area contributed by atoms with Crippen LogP contribution in [-0.4, -0.2) is 64.6 Å². The maximum atomic E-state index is 11.8. The third-order valence-corrected chi connectivity index (χ3v) is 6.53. The average Bonchev–Trinajstić information content (AvgIpc) is 3.25. The molecule has 0 bridgehead atoms. The number of nitrogens with zero attached hydrogens (tertiary/aromatic N) is 1. The minimum Gasteiger partial charge on any atom is -0.332 e. The highest BCUT2D eigenvalue weighted by Gasteiger charge is 2.42. The Balaban J connectivity index is 1.26. The van der Waals surface area contributed by atoms with Crippen molar-refractivity contribution in [1.82, 2.24) is 21.0 Å². The summed E-state index contributed by atoms with van der Waals surface area (Å²) in [7, 11) is 0. The van der Waals surface area contributed by atoms with Crippen molar-refractivity contribution in [3.8, 4) is 0 Å². The summed E-state index contributed by atoms with van der Waals surface area (Å²) in [6.07, 6.45) is 3.35. The Morgan fingerprint density at radius 1 is 1.26 bits per heavy atom. The van der Waals surface area contributed by atoms with Gasteiger partial charge in [-0.05, 0) is 26.3 Å². The number of hydrogen-bond donors (Lipinski definition) is 3. The van der Waals surface area contributed by atoms with Gasteiger partial charge in [0.15, 0.2) is 0 Å². The fourth-order valence-corrected chi connectivity index (χ4v) is 5.12. The second-order valence-electron chi connectivity index (χ2n) is 7.22. The fourth-order valence-electron chi connectivity index (χ4n) is 3.58. The molecule has 0 aromatic heterocycles. The van der Waals surface area contributed by atoms with E-state index in [0.717, 1.165) is 31.6 Å². The molecule has 9 nitrogen and oxygen atoms in total. The molecular formula is C17H26N4O5S. The van der Waals surface area contributed by atoms with Gasteiger partial charge in [-0.25, -0.2) is 9.59 Å². The zero-order chi connectivity index (χ0) is 19.4. The number of carbonyl (C=O) groups is 4. The SMILES string of the molecule is CC(CC(=O)ON1C(=O)CCC1=O)NCCCCC1SCC2NC(=O)NC21. The molecule has 4 unspecified atom stereocenters. The summed E-state index contributed by atoms with van der Waals surface area (Å²) in [6.45, 7) is 2.64. The lowest BCUT2D eigenvalue weighted by Gasteiger charge is -2.18. The van der Waals surface area contributed by atoms with E-state index in [1.807, 2.05) is 18.7 Å². The molecule has 3 N–H and O–H groups in total. The van der Waals surface area contributed by atoms with Gasteiger partial charge in [0.05, 0.1) is 18.5 Å². The van der Waals surface area contributed by atoms with Gasteiger partial charge in [0.25, 0.3) is 11.8 Å². The normalized spacial score (nSPS) is 28.1. The molecule has 3 heterocycles. The number of hydroxylamine groups is 2. The molecule has 3 rings (SSSR count). The van der Waals surface area contributed by atoms with Crippen LogP contribution in [0.5, 0.6) is 0 Å². The number of hydrogen-bond acceptors (Lipinski definition) is 7. The third-order valence-electron chi connectivity index (χ3n) is 5.02. The third kappa shape index (κ3) is 5.13. The maximum absolute atomic E-state index is 11.8. The predicted molar refractivity (Wildman–Crippen MR) is 98.6 cm³/mol. The minimum atomic E-state index is -0.587. The lowest BCUT2D eigenvalue weighted by atomic mass is 10.0. The highest BCUT2D eigenvalue weighted by molar-refractivity contribution is 8.00. The van der Waals surface area contributed by atoms with Crippen LogP contribution in [0, 0.1) is 0 Å². The van der Waals surface area contributed by atoms with E-state index in [2.05, 4.69) is 16.0 Å². The molecule has 3 aliphatic heterocycles. The quantitative estimate of drug-likeness (QED) is 0.290. The van der Waals surface area contributed by atoms with Crippen molar-refractivity contribution < 1.29 is 24.0 Å². The molecule has 0 aromatic carbocycles. The largest absolute Gasteiger partial charge is 0.334 e. The lowest BCUT2D eigenvalue weighted by Crippen LogP contribution is -2.37. The molecule has 4 amide bonds. The summed E-state index contributed by atoms with van der Waals surface area (Å²) in [4.78, 5) is 50.9. The second-order valence-corrected chi connectivity index (χ2v) is 8.49. The number of urea groups is 1. The molecule has 4 atom stereocenters. The molecular weight excluding hydrogens is 372 g/mol. The predicted octanol–water partition coefficient (Wildman–Crippen LogP) is 0.298. The first-order chi connectivity index (χ1) is 12.9. The molecule has 0 aliphatic carbocycles. The Bertz CT molecular complexity index is 600. The summed E-state index contributed by atoms with van der Waals surface area (Å²) in [6, 6.07) is 0.329. The number of nitrogens with one attached hydrogen (secondary N) is 3. The number of amides is 4. The van der Waals surface area contributed by atoms with E-state index < -0.39 is 17.8 Å². The molecule has 0 spiro atoms. The fraction of sp³-hybridized carbons (Fsp3) is 0.765. The molecule has 3 aliphatic rings. The van der Waals surface area contributed by atoms with Crippen LogP contribution in [0.25, 0.3) is 0 Å². The Labute approximate surface area is 162 Å². The first-order valence-corrected chi connectivity index (χ1v) is 10.5. The van der Waals surface area contributed by atoms with Gasteiger partial charge in [-0.1, -0.05) is 6.42 Å². The van der Waals surface area contributed by atoms with Gasteiger partial charge in [0.2, 0.25) is 0 Å². The van der Waals surface area contributed by atoms with Crippen LogP contribution >= 0.6 is 11.8 Å². The van der Waals surface area contributed by atoms with Crippen molar-refractivity contribution in [3.05, 3.63) is 0 Å². The van der Waals surface area contributed by atoms with Crippen LogP contribution in [0.2, 0.25) is 0 Å². The van der Waals surface area contributed by atoms with Gasteiger partial charge >= 0.3 is 12.0 Å². The van der Waals surface area contributed by atoms with Crippen molar-refractivity contribution in [2.24, 2.45) is 0 Å². The zero-order valence-electron chi connectivity index (χ0n) is 15.4. The van der Waals surface area contributed by atoms with E-state index in [-0.39, 0.29) is 43.4 Å². The Hall–Kier alpha value is -1.81. The Morgan fingerprint density at radius 2 is 2.00 bits per heavy atom. The molecule has 3 fully saturated rings. The van der Waals surface area contributed by atoms with Crippen LogP contribution in [0.4, 0.5) is 4.79 Å². The first kappa shape index (κ1) is 19.9. The van der Waals surface area contributed by atoms with Gasteiger partial charge in [0.1, 0.15) is 0 Å². The molecule has 0 aromatic rings. The minimum absolute atomic E-state index is 0.0602. The lowest BCUT2D eigenvalue weighted by molar-refractivity contribution is -0.197. The van der Waals surface area contributed by atoms with Crippen LogP contribution in [0.1, 0.15) is 45.4 Å². The number of carbonyl (C=O) groups excluding carboxylic acids is 4. The molecule has 3 saturated heterocycles. The van der Waals surface area contributed by atoms with E-state index in [0.29, 0.717) is 10.3 Å². The van der Waals surface area contributed by atoms with E-state index >= 15 is 0 Å². The number of rotatable bonds is 9. The van der Waals surface area contributed by atoms with E-state index in [9.17, 15) is 19.2 Å². The topological polar surface area (TPSA) is 117 Å². The van der Waals surface area contributed by atoms with Crippen molar-refractivity contribution in [2.45, 2.75) is 68.8 Å². The molecule has 27 heavy (non-hydrogen) atoms. The average molecular weight is 398 g/mol. The van der Waals surface area contributed by atoms with E-state index in [1.165, 1.54) is 0 Å². The number of unbranched alkanes of at least 4 members (excludes halogenated alkanes) is 1. The highest BCUT2D eigenvalue weighted by atomic mass is 32.2. The first-order valence-electron chi connectivity index (χ1n) is 9.42. The number of imide groups is 1. The van der Waals surface area contributed by atoms with E-state index in [4.69, 9.17) is 4.84 Å². The molecule has 150 valence electrons. The number of thioether (sulfide) groups is 1. The van der Waals surface area contributed by atoms with Gasteiger partial charge in [0, 0.05) is 29.9 Å². The Kier molecular flexibility index (Phi) is 6.59. The van der Waals surface area contributed by atoms with Gasteiger partial charge in [-0.2, -0.15) is 11.8 Å². The monoisotopic (exact) mass is 398 g/mol. The van der Waals surface area contributed by atoms with Gasteiger partial charge in [-0.3, -0.25) is 9.59 Å². The number of fused-ring (bicyclic) bond motifs is 1. The van der Waals surface area contributed by atoms with Gasteiger partial charge in [-0.15, -0.1) is 5.06 Å². The maximum Gasteiger partial charge on any atom is 0.334 e. The summed E-state index contributed by atoms with van der Waals surface area (Å²) in [5.74, 6) is -0.547. The van der Waals surface area contributed by atoms with E-state index in [1.54, 1.807) is 0 Å². The zero-order valence-corrected chi connectivity index (χ0v) is 16.2. The van der Waals surface area contributed by atoms with Crippen molar-refractivity contribution in [1.29, 1.82) is 0 Å². The van der Waals surface area contributed by atoms with Crippen LogP contribution in [-0.2, 0) is 19.2 Å². The second kappa shape index (κ2) is 8.92. The van der Waals surface area contributed by atoms with Crippen LogP contribution < -0.4 is 16.0 Å². The summed E-state index contributed by atoms with van der Waals surface area (Å²) >= 11 is 1.91. The molecule has 10 heteroatoms. The Morgan fingerprint density at radius 3 is 2.74 bits per heavy atom. The smallest absolute Gasteiger partial charge is 0.332 e. The standard InChI is InChI=1S/C17H26N4O5S/c1-10(8-15(24)26-21-13(22)5-6-14(21)23)18-7-3-2-4-12-16-11(9-27-12)19-17(25)20-16/h10-12,16,18H,2-9H2,1H3,(H2,19,20,25). The summed E-state index contributed by atoms with van der Waals surface area (Å²) in [5, 5.41) is 10.2. The van der Waals surface area contributed by atoms with Gasteiger partial charge < -0.3 is 20.8 Å². The van der Waals surface area contributed by atoms with Crippen LogP contribution in [0.15, 0.2) is 0 Å². The summed E-state index contributed by atoms with van der Waals surface area (Å²) < 4.78 is 0. The van der Waals surface area contributed by atoms with Crippen molar-refractivity contribution in [2.75, 3.05) is 12.3 Å².